The molecule has 1 aliphatic heterocycles. The molecule has 8 heteroatoms. The van der Waals surface area contributed by atoms with E-state index in [4.69, 9.17) is 25.5 Å². The molecule has 2 aromatic rings. The highest BCUT2D eigenvalue weighted by molar-refractivity contribution is 6.29. The molecule has 2 atom stereocenters. The van der Waals surface area contributed by atoms with Crippen molar-refractivity contribution in [2.45, 2.75) is 13.0 Å². The van der Waals surface area contributed by atoms with E-state index in [1.165, 1.54) is 19.4 Å². The van der Waals surface area contributed by atoms with E-state index in [2.05, 4.69) is 9.97 Å². The lowest BCUT2D eigenvalue weighted by molar-refractivity contribution is -0.149. The number of rotatable bonds is 5. The number of nitrogens with zero attached hydrogens (tertiary/aromatic N) is 1. The average molecular weight is 365 g/mol. The maximum Gasteiger partial charge on any atom is 0.334 e. The third kappa shape index (κ3) is 3.62. The molecule has 132 valence electrons. The second-order valence-electron chi connectivity index (χ2n) is 5.56. The van der Waals surface area contributed by atoms with Crippen LogP contribution in [-0.4, -0.2) is 34.8 Å². The molecule has 3 heterocycles. The van der Waals surface area contributed by atoms with Gasteiger partial charge in [0.2, 0.25) is 5.89 Å². The van der Waals surface area contributed by atoms with E-state index in [1.54, 1.807) is 18.2 Å². The lowest BCUT2D eigenvalue weighted by Gasteiger charge is -2.27. The van der Waals surface area contributed by atoms with Gasteiger partial charge in [-0.25, -0.2) is 9.78 Å². The lowest BCUT2D eigenvalue weighted by atomic mass is 9.97. The molecule has 0 fully saturated rings. The lowest BCUT2D eigenvalue weighted by Crippen LogP contribution is -2.25. The molecule has 3 rings (SSSR count). The minimum absolute atomic E-state index is 0.204. The summed E-state index contributed by atoms with van der Waals surface area (Å²) in [6, 6.07) is 3.47. The quantitative estimate of drug-likeness (QED) is 0.791. The summed E-state index contributed by atoms with van der Waals surface area (Å²) < 4.78 is 16.0. The van der Waals surface area contributed by atoms with Crippen molar-refractivity contribution in [2.24, 2.45) is 5.92 Å². The zero-order valence-corrected chi connectivity index (χ0v) is 14.4. The van der Waals surface area contributed by atoms with Crippen LogP contribution in [0.2, 0.25) is 5.15 Å². The number of hydrogen-bond donors (Lipinski definition) is 2. The number of carbonyl (C=O) groups is 1. The number of ether oxygens (including phenoxy) is 2. The van der Waals surface area contributed by atoms with E-state index in [9.17, 15) is 9.90 Å². The van der Waals surface area contributed by atoms with Gasteiger partial charge in [0.15, 0.2) is 6.10 Å². The fourth-order valence-electron chi connectivity index (χ4n) is 2.61. The highest BCUT2D eigenvalue weighted by Gasteiger charge is 2.34. The number of oxazole rings is 1. The van der Waals surface area contributed by atoms with Crippen molar-refractivity contribution >= 4 is 29.2 Å². The SMILES string of the molecule is COC1=CC(=O)OC(c2coc(/C(=C/c3ccc(Cl)[nH]3)CO)n2)C1C. The largest absolute Gasteiger partial charge is 0.500 e. The molecule has 0 aliphatic carbocycles. The van der Waals surface area contributed by atoms with Crippen molar-refractivity contribution in [3.63, 3.8) is 0 Å². The molecule has 25 heavy (non-hydrogen) atoms. The summed E-state index contributed by atoms with van der Waals surface area (Å²) >= 11 is 5.84. The molecule has 0 saturated heterocycles. The maximum atomic E-state index is 11.7. The number of H-pyrrole nitrogens is 1. The van der Waals surface area contributed by atoms with Crippen molar-refractivity contribution in [1.82, 2.24) is 9.97 Å². The number of aromatic nitrogens is 2. The first kappa shape index (κ1) is 17.3. The zero-order chi connectivity index (χ0) is 18.0. The summed E-state index contributed by atoms with van der Waals surface area (Å²) in [5.41, 5.74) is 1.61. The van der Waals surface area contributed by atoms with E-state index >= 15 is 0 Å². The van der Waals surface area contributed by atoms with Crippen LogP contribution in [0.25, 0.3) is 11.6 Å². The summed E-state index contributed by atoms with van der Waals surface area (Å²) in [5, 5.41) is 10.1. The van der Waals surface area contributed by atoms with Crippen molar-refractivity contribution in [3.05, 3.63) is 52.7 Å². The molecule has 0 amide bonds. The van der Waals surface area contributed by atoms with Crippen LogP contribution >= 0.6 is 11.6 Å². The van der Waals surface area contributed by atoms with Gasteiger partial charge in [-0.15, -0.1) is 0 Å². The molecule has 2 N–H and O–H groups in total. The molecule has 0 radical (unpaired) electrons. The van der Waals surface area contributed by atoms with E-state index in [0.29, 0.717) is 27.9 Å². The molecule has 0 spiro atoms. The zero-order valence-electron chi connectivity index (χ0n) is 13.7. The number of aliphatic hydroxyl groups is 1. The first-order valence-corrected chi connectivity index (χ1v) is 7.97. The summed E-state index contributed by atoms with van der Waals surface area (Å²) in [7, 11) is 1.50. The van der Waals surface area contributed by atoms with Gasteiger partial charge in [0, 0.05) is 11.3 Å². The Bertz CT molecular complexity index is 836. The second kappa shape index (κ2) is 7.16. The Labute approximate surface area is 148 Å². The van der Waals surface area contributed by atoms with Gasteiger partial charge in [0.25, 0.3) is 0 Å². The van der Waals surface area contributed by atoms with E-state index in [0.717, 1.165) is 0 Å². The van der Waals surface area contributed by atoms with Gasteiger partial charge in [-0.2, -0.15) is 0 Å². The Balaban J connectivity index is 1.87. The Morgan fingerprint density at radius 2 is 2.32 bits per heavy atom. The van der Waals surface area contributed by atoms with E-state index < -0.39 is 12.1 Å². The molecule has 2 unspecified atom stereocenters. The molecular formula is C17H17ClN2O5. The van der Waals surface area contributed by atoms with Crippen LogP contribution in [-0.2, 0) is 14.3 Å². The van der Waals surface area contributed by atoms with E-state index in [1.807, 2.05) is 6.92 Å². The van der Waals surface area contributed by atoms with Gasteiger partial charge in [-0.3, -0.25) is 0 Å². The number of methoxy groups -OCH3 is 1. The molecule has 0 saturated carbocycles. The highest BCUT2D eigenvalue weighted by atomic mass is 35.5. The van der Waals surface area contributed by atoms with Crippen LogP contribution in [0.5, 0.6) is 0 Å². The second-order valence-corrected chi connectivity index (χ2v) is 5.97. The number of hydrogen-bond acceptors (Lipinski definition) is 6. The average Bonchev–Trinajstić information content (AvgIpc) is 3.23. The van der Waals surface area contributed by atoms with Gasteiger partial charge < -0.3 is 24.0 Å². The number of aliphatic hydroxyl groups excluding tert-OH is 1. The topological polar surface area (TPSA) is 97.6 Å². The maximum absolute atomic E-state index is 11.7. The molecule has 0 aromatic carbocycles. The molecule has 0 bridgehead atoms. The van der Waals surface area contributed by atoms with Crippen LogP contribution in [0.4, 0.5) is 0 Å². The Morgan fingerprint density at radius 3 is 2.96 bits per heavy atom. The van der Waals surface area contributed by atoms with Gasteiger partial charge >= 0.3 is 5.97 Å². The summed E-state index contributed by atoms with van der Waals surface area (Å²) in [5.74, 6) is 0.0533. The fraction of sp³-hybridized carbons (Fsp3) is 0.294. The van der Waals surface area contributed by atoms with Gasteiger partial charge in [0.05, 0.1) is 25.7 Å². The third-order valence-electron chi connectivity index (χ3n) is 3.90. The number of esters is 1. The van der Waals surface area contributed by atoms with Gasteiger partial charge in [-0.05, 0) is 18.2 Å². The number of nitrogens with one attached hydrogen (secondary N) is 1. The standard InChI is InChI=1S/C17H17ClN2O5/c1-9-13(23-2)6-15(22)25-16(9)12-8-24-17(20-12)10(7-21)5-11-3-4-14(18)19-11/h3-6,8-9,16,19,21H,7H2,1-2H3/b10-5+. The van der Waals surface area contributed by atoms with E-state index in [-0.39, 0.29) is 18.4 Å². The van der Waals surface area contributed by atoms with Crippen LogP contribution in [0, 0.1) is 5.92 Å². The monoisotopic (exact) mass is 364 g/mol. The predicted molar refractivity (Wildman–Crippen MR) is 90.4 cm³/mol. The van der Waals surface area contributed by atoms with Crippen molar-refractivity contribution in [1.29, 1.82) is 0 Å². The number of carbonyl (C=O) groups excluding carboxylic acids is 1. The molecular weight excluding hydrogens is 348 g/mol. The number of cyclic esters (lactones) is 1. The minimum Gasteiger partial charge on any atom is -0.500 e. The van der Waals surface area contributed by atoms with Crippen LogP contribution in [0.3, 0.4) is 0 Å². The smallest absolute Gasteiger partial charge is 0.334 e. The molecule has 7 nitrogen and oxygen atoms in total. The predicted octanol–water partition coefficient (Wildman–Crippen LogP) is 2.95. The number of halogens is 1. The highest BCUT2D eigenvalue weighted by Crippen LogP contribution is 2.35. The Hall–Kier alpha value is -2.51. The van der Waals surface area contributed by atoms with Gasteiger partial charge in [0.1, 0.15) is 22.9 Å². The number of aromatic amines is 1. The third-order valence-corrected chi connectivity index (χ3v) is 4.12. The van der Waals surface area contributed by atoms with Crippen LogP contribution < -0.4 is 0 Å². The van der Waals surface area contributed by atoms with Crippen LogP contribution in [0.15, 0.2) is 34.6 Å². The summed E-state index contributed by atoms with van der Waals surface area (Å²) in [6.07, 6.45) is 3.78. The van der Waals surface area contributed by atoms with Gasteiger partial charge in [-0.1, -0.05) is 18.5 Å². The Morgan fingerprint density at radius 1 is 1.52 bits per heavy atom. The summed E-state index contributed by atoms with van der Waals surface area (Å²) in [4.78, 5) is 19.0. The molecule has 2 aromatic heterocycles. The normalized spacial score (nSPS) is 21.0. The fourth-order valence-corrected chi connectivity index (χ4v) is 2.79. The first-order valence-electron chi connectivity index (χ1n) is 7.59. The Kier molecular flexibility index (Phi) is 4.96. The first-order chi connectivity index (χ1) is 12.0. The molecule has 1 aliphatic rings. The van der Waals surface area contributed by atoms with Crippen molar-refractivity contribution in [3.8, 4) is 0 Å². The van der Waals surface area contributed by atoms with Crippen molar-refractivity contribution in [2.75, 3.05) is 13.7 Å². The minimum atomic E-state index is -0.621. The summed E-state index contributed by atoms with van der Waals surface area (Å²) in [6.45, 7) is 1.59. The van der Waals surface area contributed by atoms with Crippen LogP contribution in [0.1, 0.15) is 30.3 Å². The van der Waals surface area contributed by atoms with Crippen molar-refractivity contribution < 1.29 is 23.8 Å².